The summed E-state index contributed by atoms with van der Waals surface area (Å²) in [6.45, 7) is 12.3. The summed E-state index contributed by atoms with van der Waals surface area (Å²) in [7, 11) is 0. The fraction of sp³-hybridized carbons (Fsp3) is 0.941. The molecule has 0 N–H and O–H groups in total. The van der Waals surface area contributed by atoms with E-state index in [0.717, 1.165) is 13.1 Å². The van der Waals surface area contributed by atoms with Crippen molar-refractivity contribution in [3.63, 3.8) is 0 Å². The van der Waals surface area contributed by atoms with Crippen LogP contribution in [-0.4, -0.2) is 42.9 Å². The van der Waals surface area contributed by atoms with Crippen molar-refractivity contribution in [2.24, 2.45) is 0 Å². The first-order valence-corrected chi connectivity index (χ1v) is 16.3. The normalized spacial score (nSPS) is 11.5. The first-order chi connectivity index (χ1) is 10.1. The van der Waals surface area contributed by atoms with Gasteiger partial charge in [0.15, 0.2) is 0 Å². The predicted octanol–water partition coefficient (Wildman–Crippen LogP) is 5.81. The Bertz CT molecular complexity index is 246. The van der Waals surface area contributed by atoms with Crippen LogP contribution in [0.4, 0.5) is 4.79 Å². The molecule has 0 spiro atoms. The van der Waals surface area contributed by atoms with Crippen LogP contribution in [0.25, 0.3) is 0 Å². The van der Waals surface area contributed by atoms with E-state index in [0.29, 0.717) is 0 Å². The van der Waals surface area contributed by atoms with Crippen molar-refractivity contribution in [3.8, 4) is 0 Å². The zero-order valence-electron chi connectivity index (χ0n) is 15.0. The van der Waals surface area contributed by atoms with Crippen LogP contribution in [0.1, 0.15) is 73.1 Å². The van der Waals surface area contributed by atoms with Crippen molar-refractivity contribution in [1.82, 2.24) is 4.90 Å². The van der Waals surface area contributed by atoms with E-state index in [9.17, 15) is 4.79 Å². The monoisotopic (exact) mass is 407 g/mol. The van der Waals surface area contributed by atoms with Gasteiger partial charge in [-0.15, -0.1) is 0 Å². The quantitative estimate of drug-likeness (QED) is 0.383. The minimum atomic E-state index is -2.76. The van der Waals surface area contributed by atoms with Gasteiger partial charge >= 0.3 is 137 Å². The van der Waals surface area contributed by atoms with Crippen molar-refractivity contribution in [2.75, 3.05) is 13.1 Å². The molecule has 0 atom stereocenters. The molecule has 0 aliphatic heterocycles. The van der Waals surface area contributed by atoms with E-state index in [-0.39, 0.29) is 6.09 Å². The van der Waals surface area contributed by atoms with E-state index >= 15 is 0 Å². The van der Waals surface area contributed by atoms with Crippen LogP contribution in [0.5, 0.6) is 0 Å². The van der Waals surface area contributed by atoms with Crippen molar-refractivity contribution in [1.29, 1.82) is 0 Å². The van der Waals surface area contributed by atoms with Crippen LogP contribution in [0.15, 0.2) is 0 Å². The van der Waals surface area contributed by atoms with E-state index < -0.39 is 18.8 Å². The number of unbranched alkanes of at least 4 members (excludes halogenated alkanes) is 3. The number of amides is 1. The number of hydrogen-bond acceptors (Lipinski definition) is 2. The zero-order chi connectivity index (χ0) is 16.1. The van der Waals surface area contributed by atoms with E-state index in [1.807, 2.05) is 18.7 Å². The van der Waals surface area contributed by atoms with Gasteiger partial charge in [0.1, 0.15) is 0 Å². The molecule has 0 heterocycles. The summed E-state index contributed by atoms with van der Waals surface area (Å²) in [6, 6.07) is 0. The Morgan fingerprint density at radius 3 is 1.48 bits per heavy atom. The molecule has 0 bridgehead atoms. The molecule has 0 aromatic heterocycles. The van der Waals surface area contributed by atoms with E-state index in [4.69, 9.17) is 3.07 Å². The second-order valence-corrected chi connectivity index (χ2v) is 17.7. The molecule has 1 amide bonds. The molecular formula is C17H37NO2Sn. The van der Waals surface area contributed by atoms with Crippen LogP contribution < -0.4 is 0 Å². The van der Waals surface area contributed by atoms with Gasteiger partial charge in [0.2, 0.25) is 0 Å². The van der Waals surface area contributed by atoms with Crippen molar-refractivity contribution in [3.05, 3.63) is 0 Å². The molecule has 0 fully saturated rings. The number of nitrogens with zero attached hydrogens (tertiary/aromatic N) is 1. The Balaban J connectivity index is 4.96. The second-order valence-electron chi connectivity index (χ2n) is 6.03. The molecule has 0 aromatic rings. The molecule has 0 aliphatic rings. The average molecular weight is 406 g/mol. The van der Waals surface area contributed by atoms with Crippen molar-refractivity contribution < 1.29 is 7.87 Å². The third-order valence-electron chi connectivity index (χ3n) is 4.28. The van der Waals surface area contributed by atoms with Gasteiger partial charge < -0.3 is 0 Å². The summed E-state index contributed by atoms with van der Waals surface area (Å²) in [5.41, 5.74) is 0. The summed E-state index contributed by atoms with van der Waals surface area (Å²) in [5, 5.41) is 0. The van der Waals surface area contributed by atoms with Crippen LogP contribution >= 0.6 is 0 Å². The van der Waals surface area contributed by atoms with Gasteiger partial charge in [-0.2, -0.15) is 0 Å². The van der Waals surface area contributed by atoms with Crippen molar-refractivity contribution in [2.45, 2.75) is 86.5 Å². The Hall–Kier alpha value is 0.0687. The van der Waals surface area contributed by atoms with Gasteiger partial charge in [-0.3, -0.25) is 0 Å². The molecule has 0 aromatic carbocycles. The van der Waals surface area contributed by atoms with Gasteiger partial charge in [-0.05, 0) is 0 Å². The number of carbonyl (C=O) groups is 1. The first-order valence-electron chi connectivity index (χ1n) is 9.06. The summed E-state index contributed by atoms with van der Waals surface area (Å²) in [4.78, 5) is 14.3. The van der Waals surface area contributed by atoms with E-state index in [2.05, 4.69) is 20.8 Å². The number of hydrogen-bond donors (Lipinski definition) is 0. The summed E-state index contributed by atoms with van der Waals surface area (Å²) in [6.07, 6.45) is 7.29. The maximum absolute atomic E-state index is 12.5. The summed E-state index contributed by atoms with van der Waals surface area (Å²) < 4.78 is 9.95. The average Bonchev–Trinajstić information content (AvgIpc) is 2.49. The van der Waals surface area contributed by atoms with Gasteiger partial charge in [-0.1, -0.05) is 0 Å². The number of carbonyl (C=O) groups excluding carboxylic acids is 1. The molecule has 126 valence electrons. The van der Waals surface area contributed by atoms with Gasteiger partial charge in [-0.25, -0.2) is 0 Å². The van der Waals surface area contributed by atoms with E-state index in [1.54, 1.807) is 0 Å². The Kier molecular flexibility index (Phi) is 12.6. The molecule has 3 nitrogen and oxygen atoms in total. The molecule has 0 unspecified atom stereocenters. The van der Waals surface area contributed by atoms with Crippen LogP contribution in [0.3, 0.4) is 0 Å². The van der Waals surface area contributed by atoms with E-state index in [1.165, 1.54) is 51.8 Å². The maximum atomic E-state index is 12.5. The minimum absolute atomic E-state index is 0.0286. The van der Waals surface area contributed by atoms with Crippen LogP contribution in [0, 0.1) is 0 Å². The Morgan fingerprint density at radius 2 is 1.19 bits per heavy atom. The molecule has 0 saturated carbocycles. The molecule has 0 radical (unpaired) electrons. The molecule has 4 heteroatoms. The summed E-state index contributed by atoms with van der Waals surface area (Å²) in [5.74, 6) is 0. The van der Waals surface area contributed by atoms with Crippen molar-refractivity contribution >= 4 is 24.9 Å². The third-order valence-corrected chi connectivity index (χ3v) is 16.8. The van der Waals surface area contributed by atoms with Crippen LogP contribution in [-0.2, 0) is 3.07 Å². The fourth-order valence-electron chi connectivity index (χ4n) is 2.76. The van der Waals surface area contributed by atoms with Crippen LogP contribution in [0.2, 0.25) is 13.3 Å². The van der Waals surface area contributed by atoms with Gasteiger partial charge in [0.25, 0.3) is 0 Å². The topological polar surface area (TPSA) is 29.5 Å². The molecule has 0 aliphatic carbocycles. The molecule has 0 saturated heterocycles. The number of rotatable bonds is 12. The van der Waals surface area contributed by atoms with Gasteiger partial charge in [0, 0.05) is 0 Å². The zero-order valence-corrected chi connectivity index (χ0v) is 17.9. The molecule has 21 heavy (non-hydrogen) atoms. The SMILES string of the molecule is CCC[CH2][Sn]([CH2]CCC)([CH2]CCC)[O]C(=O)N(CC)CC. The fourth-order valence-corrected chi connectivity index (χ4v) is 15.7. The Labute approximate surface area is 137 Å². The standard InChI is InChI=1S/C5H11NO2.3C4H9.Sn/c1-3-6(4-2)5(7)8;3*1-3-4-2;/h3-4H2,1-2H3,(H,7,8);3*1,3-4H2,2H3;/q;;;;+1/p-1. The molecular weight excluding hydrogens is 369 g/mol. The second kappa shape index (κ2) is 12.6. The third kappa shape index (κ3) is 8.32. The Morgan fingerprint density at radius 1 is 0.810 bits per heavy atom. The van der Waals surface area contributed by atoms with Gasteiger partial charge in [0.05, 0.1) is 0 Å². The first kappa shape index (κ1) is 21.1. The summed E-state index contributed by atoms with van der Waals surface area (Å²) >= 11 is -2.76. The predicted molar refractivity (Wildman–Crippen MR) is 94.3 cm³/mol. The molecule has 0 rings (SSSR count).